The molecular weight excluding hydrogens is 279 g/mol. The topological polar surface area (TPSA) is 81.5 Å². The number of nitrogens with zero attached hydrogens (tertiary/aromatic N) is 1. The highest BCUT2D eigenvalue weighted by Gasteiger charge is 2.16. The molecule has 0 bridgehead atoms. The van der Waals surface area contributed by atoms with Gasteiger partial charge in [0.1, 0.15) is 5.75 Å². The molecule has 0 radical (unpaired) electrons. The van der Waals surface area contributed by atoms with Gasteiger partial charge in [0.05, 0.1) is 12.0 Å². The minimum absolute atomic E-state index is 0.00563. The third-order valence-electron chi connectivity index (χ3n) is 2.75. The summed E-state index contributed by atoms with van der Waals surface area (Å²) in [6.45, 7) is 0. The molecule has 1 amide bonds. The van der Waals surface area contributed by atoms with Crippen LogP contribution in [-0.2, 0) is 0 Å². The summed E-state index contributed by atoms with van der Waals surface area (Å²) in [4.78, 5) is 21.6. The van der Waals surface area contributed by atoms with E-state index in [-0.39, 0.29) is 5.56 Å². The highest BCUT2D eigenvalue weighted by Crippen LogP contribution is 2.20. The molecule has 2 aromatic carbocycles. The third kappa shape index (κ3) is 3.33. The highest BCUT2D eigenvalue weighted by molar-refractivity contribution is 6.04. The Kier molecular flexibility index (Phi) is 4.13. The minimum Gasteiger partial charge on any atom is -0.497 e. The smallest absolute Gasteiger partial charge is 0.304 e. The number of carbonyl (C=O) groups excluding carboxylic acids is 1. The van der Waals surface area contributed by atoms with Gasteiger partial charge in [0.2, 0.25) is 5.82 Å². The van der Waals surface area contributed by atoms with Gasteiger partial charge in [-0.25, -0.2) is 0 Å². The van der Waals surface area contributed by atoms with Gasteiger partial charge in [0.15, 0.2) is 0 Å². The van der Waals surface area contributed by atoms with Crippen molar-refractivity contribution in [1.82, 2.24) is 0 Å². The molecular formula is C14H11FN2O4. The SMILES string of the molecule is COc1ccc(NC(=O)c2ccc([N+](=O)[O-])c(F)c2)cc1. The summed E-state index contributed by atoms with van der Waals surface area (Å²) in [6, 6.07) is 9.55. The lowest BCUT2D eigenvalue weighted by atomic mass is 10.2. The third-order valence-corrected chi connectivity index (χ3v) is 2.75. The van der Waals surface area contributed by atoms with E-state index in [9.17, 15) is 19.3 Å². The predicted octanol–water partition coefficient (Wildman–Crippen LogP) is 2.99. The lowest BCUT2D eigenvalue weighted by Crippen LogP contribution is -2.12. The molecule has 0 fully saturated rings. The van der Waals surface area contributed by atoms with Crippen LogP contribution >= 0.6 is 0 Å². The van der Waals surface area contributed by atoms with Crippen LogP contribution < -0.4 is 10.1 Å². The van der Waals surface area contributed by atoms with Crippen LogP contribution in [0, 0.1) is 15.9 Å². The van der Waals surface area contributed by atoms with E-state index < -0.39 is 22.3 Å². The molecule has 1 N–H and O–H groups in total. The van der Waals surface area contributed by atoms with Crippen molar-refractivity contribution in [2.75, 3.05) is 12.4 Å². The number of benzene rings is 2. The van der Waals surface area contributed by atoms with E-state index in [0.717, 1.165) is 12.1 Å². The Bertz CT molecular complexity index is 686. The summed E-state index contributed by atoms with van der Waals surface area (Å²) in [5.74, 6) is -0.981. The van der Waals surface area contributed by atoms with Gasteiger partial charge in [-0.3, -0.25) is 14.9 Å². The number of amides is 1. The number of nitro groups is 1. The number of ether oxygens (including phenoxy) is 1. The lowest BCUT2D eigenvalue weighted by Gasteiger charge is -2.06. The van der Waals surface area contributed by atoms with Gasteiger partial charge in [-0.05, 0) is 36.4 Å². The Morgan fingerprint density at radius 3 is 2.43 bits per heavy atom. The average molecular weight is 290 g/mol. The Morgan fingerprint density at radius 1 is 1.24 bits per heavy atom. The van der Waals surface area contributed by atoms with Crippen molar-refractivity contribution in [3.8, 4) is 5.75 Å². The first-order valence-corrected chi connectivity index (χ1v) is 5.90. The van der Waals surface area contributed by atoms with Gasteiger partial charge in [-0.15, -0.1) is 0 Å². The fraction of sp³-hybridized carbons (Fsp3) is 0.0714. The highest BCUT2D eigenvalue weighted by atomic mass is 19.1. The van der Waals surface area contributed by atoms with Crippen LogP contribution in [0.5, 0.6) is 5.75 Å². The number of anilines is 1. The number of hydrogen-bond acceptors (Lipinski definition) is 4. The zero-order valence-corrected chi connectivity index (χ0v) is 11.0. The van der Waals surface area contributed by atoms with Crippen LogP contribution in [0.3, 0.4) is 0 Å². The molecule has 2 aromatic rings. The number of rotatable bonds is 4. The number of nitrogens with one attached hydrogen (secondary N) is 1. The Morgan fingerprint density at radius 2 is 1.90 bits per heavy atom. The maximum absolute atomic E-state index is 13.5. The predicted molar refractivity (Wildman–Crippen MR) is 74.0 cm³/mol. The van der Waals surface area contributed by atoms with E-state index in [1.807, 2.05) is 0 Å². The summed E-state index contributed by atoms with van der Waals surface area (Å²) in [5.41, 5.74) is -0.176. The van der Waals surface area contributed by atoms with E-state index in [1.165, 1.54) is 13.2 Å². The van der Waals surface area contributed by atoms with Crippen LogP contribution in [0.4, 0.5) is 15.8 Å². The van der Waals surface area contributed by atoms with Gasteiger partial charge < -0.3 is 10.1 Å². The minimum atomic E-state index is -1.05. The first-order valence-electron chi connectivity index (χ1n) is 5.90. The monoisotopic (exact) mass is 290 g/mol. The maximum Gasteiger partial charge on any atom is 0.304 e. The first kappa shape index (κ1) is 14.4. The average Bonchev–Trinajstić information content (AvgIpc) is 2.47. The number of halogens is 1. The molecule has 0 unspecified atom stereocenters. The summed E-state index contributed by atoms with van der Waals surface area (Å²) in [5, 5.41) is 13.1. The second kappa shape index (κ2) is 6.00. The zero-order valence-electron chi connectivity index (χ0n) is 11.0. The molecule has 0 saturated heterocycles. The van der Waals surface area contributed by atoms with Crippen LogP contribution in [0.1, 0.15) is 10.4 Å². The summed E-state index contributed by atoms with van der Waals surface area (Å²) in [6.07, 6.45) is 0. The fourth-order valence-corrected chi connectivity index (χ4v) is 1.67. The molecule has 21 heavy (non-hydrogen) atoms. The number of methoxy groups -OCH3 is 1. The molecule has 0 aliphatic heterocycles. The lowest BCUT2D eigenvalue weighted by molar-refractivity contribution is -0.387. The standard InChI is InChI=1S/C14H11FN2O4/c1-21-11-5-3-10(4-6-11)16-14(18)9-2-7-13(17(19)20)12(15)8-9/h2-8H,1H3,(H,16,18). The van der Waals surface area contributed by atoms with Crippen LogP contribution in [-0.4, -0.2) is 17.9 Å². The van der Waals surface area contributed by atoms with Gasteiger partial charge in [-0.2, -0.15) is 4.39 Å². The van der Waals surface area contributed by atoms with E-state index in [1.54, 1.807) is 24.3 Å². The second-order valence-corrected chi connectivity index (χ2v) is 4.11. The molecule has 0 heterocycles. The van der Waals surface area contributed by atoms with Crippen LogP contribution in [0.25, 0.3) is 0 Å². The van der Waals surface area contributed by atoms with Crippen molar-refractivity contribution < 1.29 is 18.8 Å². The van der Waals surface area contributed by atoms with Crippen LogP contribution in [0.2, 0.25) is 0 Å². The van der Waals surface area contributed by atoms with Gasteiger partial charge in [-0.1, -0.05) is 0 Å². The molecule has 0 atom stereocenters. The molecule has 0 aliphatic rings. The van der Waals surface area contributed by atoms with Gasteiger partial charge in [0, 0.05) is 17.3 Å². The molecule has 2 rings (SSSR count). The van der Waals surface area contributed by atoms with Crippen molar-refractivity contribution in [2.24, 2.45) is 0 Å². The molecule has 0 spiro atoms. The van der Waals surface area contributed by atoms with Crippen molar-refractivity contribution >= 4 is 17.3 Å². The molecule has 6 nitrogen and oxygen atoms in total. The van der Waals surface area contributed by atoms with Crippen LogP contribution in [0.15, 0.2) is 42.5 Å². The summed E-state index contributed by atoms with van der Waals surface area (Å²) >= 11 is 0. The van der Waals surface area contributed by atoms with E-state index >= 15 is 0 Å². The molecule has 7 heteroatoms. The number of hydrogen-bond donors (Lipinski definition) is 1. The van der Waals surface area contributed by atoms with E-state index in [4.69, 9.17) is 4.74 Å². The summed E-state index contributed by atoms with van der Waals surface area (Å²) < 4.78 is 18.4. The zero-order chi connectivity index (χ0) is 15.4. The fourth-order valence-electron chi connectivity index (χ4n) is 1.67. The Hall–Kier alpha value is -2.96. The maximum atomic E-state index is 13.5. The summed E-state index contributed by atoms with van der Waals surface area (Å²) in [7, 11) is 1.52. The van der Waals surface area contributed by atoms with Crippen molar-refractivity contribution in [3.63, 3.8) is 0 Å². The number of carbonyl (C=O) groups is 1. The van der Waals surface area contributed by atoms with Gasteiger partial charge >= 0.3 is 5.69 Å². The van der Waals surface area contributed by atoms with E-state index in [0.29, 0.717) is 11.4 Å². The molecule has 0 aliphatic carbocycles. The Labute approximate surface area is 119 Å². The Balaban J connectivity index is 2.16. The van der Waals surface area contributed by atoms with E-state index in [2.05, 4.69) is 5.32 Å². The largest absolute Gasteiger partial charge is 0.497 e. The molecule has 108 valence electrons. The van der Waals surface area contributed by atoms with Gasteiger partial charge in [0.25, 0.3) is 5.91 Å². The quantitative estimate of drug-likeness (QED) is 0.693. The normalized spacial score (nSPS) is 10.0. The van der Waals surface area contributed by atoms with Crippen molar-refractivity contribution in [1.29, 1.82) is 0 Å². The molecule has 0 saturated carbocycles. The number of nitro benzene ring substituents is 1. The van der Waals surface area contributed by atoms with Crippen molar-refractivity contribution in [3.05, 3.63) is 64.0 Å². The molecule has 0 aromatic heterocycles. The van der Waals surface area contributed by atoms with Crippen molar-refractivity contribution in [2.45, 2.75) is 0 Å². The first-order chi connectivity index (χ1) is 10.0. The second-order valence-electron chi connectivity index (χ2n) is 4.11.